The number of anilines is 1. The van der Waals surface area contributed by atoms with E-state index in [2.05, 4.69) is 71.2 Å². The van der Waals surface area contributed by atoms with Crippen LogP contribution in [0.5, 0.6) is 5.88 Å². The van der Waals surface area contributed by atoms with Crippen molar-refractivity contribution in [3.63, 3.8) is 0 Å². The molecule has 1 atom stereocenters. The lowest BCUT2D eigenvalue weighted by Crippen LogP contribution is -2.21. The zero-order valence-corrected chi connectivity index (χ0v) is 19.1. The molecule has 4 rings (SSSR count). The van der Waals surface area contributed by atoms with Crippen LogP contribution in [0.4, 0.5) is 5.69 Å². The van der Waals surface area contributed by atoms with Crippen LogP contribution < -0.4 is 9.64 Å². The average Bonchev–Trinajstić information content (AvgIpc) is 3.27. The Kier molecular flexibility index (Phi) is 6.78. The summed E-state index contributed by atoms with van der Waals surface area (Å²) in [5.74, 6) is 0.981. The van der Waals surface area contributed by atoms with E-state index in [9.17, 15) is 5.11 Å². The van der Waals surface area contributed by atoms with Crippen LogP contribution in [0.25, 0.3) is 11.1 Å². The van der Waals surface area contributed by atoms with Gasteiger partial charge >= 0.3 is 0 Å². The molecule has 31 heavy (non-hydrogen) atoms. The molecule has 0 spiro atoms. The third-order valence-electron chi connectivity index (χ3n) is 5.73. The van der Waals surface area contributed by atoms with E-state index in [1.807, 2.05) is 0 Å². The van der Waals surface area contributed by atoms with Gasteiger partial charge in [0.2, 0.25) is 5.88 Å². The number of aliphatic hydroxyl groups is 1. The highest BCUT2D eigenvalue weighted by atomic mass is 32.2. The highest BCUT2D eigenvalue weighted by Gasteiger charge is 2.26. The summed E-state index contributed by atoms with van der Waals surface area (Å²) in [5, 5.41) is 11.5. The molecule has 5 nitrogen and oxygen atoms in total. The molecule has 162 valence electrons. The van der Waals surface area contributed by atoms with E-state index in [0.29, 0.717) is 17.0 Å². The second-order valence-electron chi connectivity index (χ2n) is 8.12. The molecule has 1 N–H and O–H groups in total. The van der Waals surface area contributed by atoms with Crippen molar-refractivity contribution in [1.29, 1.82) is 0 Å². The van der Waals surface area contributed by atoms with Crippen molar-refractivity contribution < 1.29 is 9.84 Å². The number of rotatable bonds is 7. The Labute approximate surface area is 188 Å². The number of hydrogen-bond donors (Lipinski definition) is 1. The first-order valence-electron chi connectivity index (χ1n) is 10.7. The zero-order chi connectivity index (χ0) is 21.8. The van der Waals surface area contributed by atoms with Gasteiger partial charge in [-0.15, -0.1) is 0 Å². The quantitative estimate of drug-likeness (QED) is 0.555. The average molecular weight is 436 g/mol. The van der Waals surface area contributed by atoms with Crippen LogP contribution in [-0.2, 0) is 6.61 Å². The van der Waals surface area contributed by atoms with Gasteiger partial charge in [-0.3, -0.25) is 0 Å². The molecule has 1 saturated heterocycles. The fourth-order valence-corrected chi connectivity index (χ4v) is 5.18. The first-order valence-corrected chi connectivity index (χ1v) is 11.6. The molecule has 1 aliphatic heterocycles. The molecule has 0 radical (unpaired) electrons. The van der Waals surface area contributed by atoms with Gasteiger partial charge in [0, 0.05) is 29.6 Å². The molecule has 0 unspecified atom stereocenters. The molecule has 1 fully saturated rings. The number of thioether (sulfide) groups is 1. The number of nitrogens with zero attached hydrogens (tertiary/aromatic N) is 3. The lowest BCUT2D eigenvalue weighted by molar-refractivity contribution is 0.282. The van der Waals surface area contributed by atoms with Crippen molar-refractivity contribution in [3.05, 3.63) is 66.0 Å². The summed E-state index contributed by atoms with van der Waals surface area (Å²) in [7, 11) is 1.59. The molecular formula is C25H29N3O2S. The predicted molar refractivity (Wildman–Crippen MR) is 127 cm³/mol. The minimum Gasteiger partial charge on any atom is -0.480 e. The standard InChI is InChI=1S/C25H29N3O2S/c1-17(2)21-6-4-5-7-22(21)18-8-9-23(19(12-18)16-29)28-11-10-20(15-28)31-25-14-26-24(30-3)13-27-25/h4-9,12-14,17,20,29H,10-11,15-16H2,1-3H3/t20-/m0/s1. The van der Waals surface area contributed by atoms with E-state index in [1.165, 1.54) is 11.1 Å². The maximum Gasteiger partial charge on any atom is 0.232 e. The first kappa shape index (κ1) is 21.7. The van der Waals surface area contributed by atoms with E-state index in [1.54, 1.807) is 31.3 Å². The molecular weight excluding hydrogens is 406 g/mol. The highest BCUT2D eigenvalue weighted by Crippen LogP contribution is 2.36. The third kappa shape index (κ3) is 4.86. The minimum absolute atomic E-state index is 0.0330. The molecule has 3 aromatic rings. The molecule has 6 heteroatoms. The Morgan fingerprint density at radius 3 is 2.71 bits per heavy atom. The zero-order valence-electron chi connectivity index (χ0n) is 18.3. The van der Waals surface area contributed by atoms with Crippen LogP contribution in [-0.4, -0.2) is 40.5 Å². The fraction of sp³-hybridized carbons (Fsp3) is 0.360. The number of benzene rings is 2. The minimum atomic E-state index is 0.0330. The van der Waals surface area contributed by atoms with Crippen molar-refractivity contribution in [2.24, 2.45) is 0 Å². The summed E-state index contributed by atoms with van der Waals surface area (Å²) in [6.45, 7) is 6.36. The highest BCUT2D eigenvalue weighted by molar-refractivity contribution is 7.99. The van der Waals surface area contributed by atoms with Crippen LogP contribution >= 0.6 is 11.8 Å². The number of methoxy groups -OCH3 is 1. The van der Waals surface area contributed by atoms with Gasteiger partial charge in [-0.25, -0.2) is 9.97 Å². The smallest absolute Gasteiger partial charge is 0.232 e. The van der Waals surface area contributed by atoms with Gasteiger partial charge in [-0.2, -0.15) is 0 Å². The van der Waals surface area contributed by atoms with E-state index >= 15 is 0 Å². The summed E-state index contributed by atoms with van der Waals surface area (Å²) in [4.78, 5) is 11.1. The Hall–Kier alpha value is -2.57. The molecule has 0 aliphatic carbocycles. The summed E-state index contributed by atoms with van der Waals surface area (Å²) < 4.78 is 5.09. The van der Waals surface area contributed by atoms with Crippen molar-refractivity contribution in [2.45, 2.75) is 43.1 Å². The monoisotopic (exact) mass is 435 g/mol. The van der Waals surface area contributed by atoms with Crippen LogP contribution in [0.2, 0.25) is 0 Å². The molecule has 1 aliphatic rings. The Bertz CT molecular complexity index is 1020. The number of ether oxygens (including phenoxy) is 1. The molecule has 1 aromatic heterocycles. The van der Waals surface area contributed by atoms with E-state index in [4.69, 9.17) is 4.74 Å². The topological polar surface area (TPSA) is 58.5 Å². The number of aromatic nitrogens is 2. The van der Waals surface area contributed by atoms with Gasteiger partial charge in [0.15, 0.2) is 0 Å². The summed E-state index contributed by atoms with van der Waals surface area (Å²) in [5.41, 5.74) is 5.84. The van der Waals surface area contributed by atoms with Crippen molar-refractivity contribution >= 4 is 17.4 Å². The van der Waals surface area contributed by atoms with E-state index in [-0.39, 0.29) is 6.61 Å². The van der Waals surface area contributed by atoms with Crippen LogP contribution in [0, 0.1) is 0 Å². The second-order valence-corrected chi connectivity index (χ2v) is 9.44. The second kappa shape index (κ2) is 9.71. The third-order valence-corrected chi connectivity index (χ3v) is 6.90. The van der Waals surface area contributed by atoms with Gasteiger partial charge in [0.25, 0.3) is 0 Å². The Morgan fingerprint density at radius 1 is 1.16 bits per heavy atom. The van der Waals surface area contributed by atoms with Gasteiger partial charge in [0.05, 0.1) is 26.1 Å². The molecule has 2 aromatic carbocycles. The van der Waals surface area contributed by atoms with Crippen molar-refractivity contribution in [3.8, 4) is 17.0 Å². The maximum absolute atomic E-state index is 10.1. The molecule has 2 heterocycles. The lowest BCUT2D eigenvalue weighted by atomic mass is 9.91. The molecule has 0 saturated carbocycles. The lowest BCUT2D eigenvalue weighted by Gasteiger charge is -2.23. The van der Waals surface area contributed by atoms with Crippen LogP contribution in [0.15, 0.2) is 59.9 Å². The van der Waals surface area contributed by atoms with Gasteiger partial charge in [-0.05, 0) is 41.2 Å². The van der Waals surface area contributed by atoms with Crippen LogP contribution in [0.3, 0.4) is 0 Å². The largest absolute Gasteiger partial charge is 0.480 e. The van der Waals surface area contributed by atoms with Gasteiger partial charge in [-0.1, -0.05) is 55.9 Å². The van der Waals surface area contributed by atoms with E-state index < -0.39 is 0 Å². The summed E-state index contributed by atoms with van der Waals surface area (Å²) >= 11 is 1.75. The van der Waals surface area contributed by atoms with Crippen molar-refractivity contribution in [1.82, 2.24) is 9.97 Å². The SMILES string of the molecule is COc1cnc(S[C@H]2CCN(c3ccc(-c4ccccc4C(C)C)cc3CO)C2)cn1. The normalized spacial score (nSPS) is 16.2. The Balaban J connectivity index is 1.51. The van der Waals surface area contributed by atoms with Gasteiger partial charge < -0.3 is 14.7 Å². The number of aliphatic hydroxyl groups excluding tert-OH is 1. The maximum atomic E-state index is 10.1. The predicted octanol–water partition coefficient (Wildman–Crippen LogP) is 5.14. The summed E-state index contributed by atoms with van der Waals surface area (Å²) in [6.07, 6.45) is 4.50. The number of hydrogen-bond acceptors (Lipinski definition) is 6. The molecule has 0 bridgehead atoms. The Morgan fingerprint density at radius 2 is 2.00 bits per heavy atom. The molecule has 0 amide bonds. The fourth-order valence-electron chi connectivity index (χ4n) is 4.14. The van der Waals surface area contributed by atoms with E-state index in [0.717, 1.165) is 41.4 Å². The van der Waals surface area contributed by atoms with Crippen LogP contribution in [0.1, 0.15) is 37.3 Å². The van der Waals surface area contributed by atoms with Crippen molar-refractivity contribution in [2.75, 3.05) is 25.1 Å². The first-order chi connectivity index (χ1) is 15.1. The summed E-state index contributed by atoms with van der Waals surface area (Å²) in [6, 6.07) is 15.0. The van der Waals surface area contributed by atoms with Gasteiger partial charge in [0.1, 0.15) is 5.03 Å².